The van der Waals surface area contributed by atoms with E-state index in [1.54, 1.807) is 0 Å². The Morgan fingerprint density at radius 3 is 3.17 bits per heavy atom. The third kappa shape index (κ3) is 1.05. The summed E-state index contributed by atoms with van der Waals surface area (Å²) in [6, 6.07) is 0.440. The van der Waals surface area contributed by atoms with Crippen molar-refractivity contribution in [1.29, 1.82) is 0 Å². The fourth-order valence-electron chi connectivity index (χ4n) is 2.24. The summed E-state index contributed by atoms with van der Waals surface area (Å²) < 4.78 is 0. The van der Waals surface area contributed by atoms with Crippen LogP contribution in [0.5, 0.6) is 0 Å². The summed E-state index contributed by atoms with van der Waals surface area (Å²) in [6.45, 7) is 6.46. The van der Waals surface area contributed by atoms with Gasteiger partial charge >= 0.3 is 0 Å². The van der Waals surface area contributed by atoms with Gasteiger partial charge in [0.15, 0.2) is 0 Å². The molecule has 3 nitrogen and oxygen atoms in total. The Morgan fingerprint density at radius 2 is 2.42 bits per heavy atom. The smallest absolute Gasteiger partial charge is 0.246 e. The Balaban J connectivity index is 2.08. The normalized spacial score (nSPS) is 33.5. The van der Waals surface area contributed by atoms with Crippen molar-refractivity contribution in [3.63, 3.8) is 0 Å². The van der Waals surface area contributed by atoms with Crippen LogP contribution >= 0.6 is 0 Å². The summed E-state index contributed by atoms with van der Waals surface area (Å²) in [5.41, 5.74) is 0. The Labute approximate surface area is 72.4 Å². The Kier molecular flexibility index (Phi) is 1.89. The van der Waals surface area contributed by atoms with Crippen molar-refractivity contribution in [3.8, 4) is 0 Å². The second-order valence-corrected chi connectivity index (χ2v) is 3.51. The van der Waals surface area contributed by atoms with Gasteiger partial charge in [-0.1, -0.05) is 6.58 Å². The Bertz CT molecular complexity index is 215. The molecule has 2 atom stereocenters. The monoisotopic (exact) mass is 166 g/mol. The van der Waals surface area contributed by atoms with Gasteiger partial charge in [0.2, 0.25) is 5.91 Å². The van der Waals surface area contributed by atoms with Gasteiger partial charge < -0.3 is 10.2 Å². The highest BCUT2D eigenvalue weighted by atomic mass is 16.2. The van der Waals surface area contributed by atoms with Gasteiger partial charge in [-0.25, -0.2) is 0 Å². The van der Waals surface area contributed by atoms with Crippen LogP contribution in [0.15, 0.2) is 12.7 Å². The number of nitrogens with one attached hydrogen (secondary N) is 1. The molecular weight excluding hydrogens is 152 g/mol. The molecule has 2 fully saturated rings. The Morgan fingerprint density at radius 1 is 1.58 bits per heavy atom. The molecule has 0 aromatic heterocycles. The molecule has 3 heteroatoms. The largest absolute Gasteiger partial charge is 0.335 e. The van der Waals surface area contributed by atoms with Gasteiger partial charge in [0, 0.05) is 25.7 Å². The number of likely N-dealkylation sites (tertiary alicyclic amines) is 1. The van der Waals surface area contributed by atoms with Gasteiger partial charge in [-0.3, -0.25) is 4.79 Å². The van der Waals surface area contributed by atoms with Crippen molar-refractivity contribution in [3.05, 3.63) is 12.7 Å². The lowest BCUT2D eigenvalue weighted by Gasteiger charge is -2.21. The van der Waals surface area contributed by atoms with Gasteiger partial charge in [0.25, 0.3) is 0 Å². The molecule has 0 aromatic carbocycles. The first-order valence-electron chi connectivity index (χ1n) is 4.46. The molecule has 0 aromatic rings. The Hall–Kier alpha value is -0.830. The highest BCUT2D eigenvalue weighted by Crippen LogP contribution is 2.26. The topological polar surface area (TPSA) is 32.3 Å². The van der Waals surface area contributed by atoms with Gasteiger partial charge in [-0.05, 0) is 18.4 Å². The van der Waals surface area contributed by atoms with Crippen molar-refractivity contribution in [2.45, 2.75) is 12.5 Å². The molecule has 66 valence electrons. The SMILES string of the molecule is C=CC(=O)N1CC[C@H]2CNC[C@H]21. The van der Waals surface area contributed by atoms with Crippen LogP contribution < -0.4 is 5.32 Å². The minimum atomic E-state index is 0.0891. The van der Waals surface area contributed by atoms with E-state index >= 15 is 0 Å². The summed E-state index contributed by atoms with van der Waals surface area (Å²) >= 11 is 0. The number of hydrogen-bond acceptors (Lipinski definition) is 2. The van der Waals surface area contributed by atoms with Crippen LogP contribution in [-0.2, 0) is 4.79 Å². The van der Waals surface area contributed by atoms with Crippen LogP contribution in [0.4, 0.5) is 0 Å². The third-order valence-corrected chi connectivity index (χ3v) is 2.90. The van der Waals surface area contributed by atoms with Gasteiger partial charge in [-0.15, -0.1) is 0 Å². The minimum absolute atomic E-state index is 0.0891. The van der Waals surface area contributed by atoms with E-state index in [-0.39, 0.29) is 5.91 Å². The molecule has 0 radical (unpaired) electrons. The summed E-state index contributed by atoms with van der Waals surface area (Å²) in [6.07, 6.45) is 2.57. The molecule has 1 amide bonds. The van der Waals surface area contributed by atoms with Crippen LogP contribution in [0.3, 0.4) is 0 Å². The van der Waals surface area contributed by atoms with E-state index in [2.05, 4.69) is 11.9 Å². The average Bonchev–Trinajstić information content (AvgIpc) is 2.62. The fourth-order valence-corrected chi connectivity index (χ4v) is 2.24. The van der Waals surface area contributed by atoms with Crippen LogP contribution in [0.1, 0.15) is 6.42 Å². The van der Waals surface area contributed by atoms with Crippen LogP contribution in [0.2, 0.25) is 0 Å². The van der Waals surface area contributed by atoms with E-state index in [4.69, 9.17) is 0 Å². The fraction of sp³-hybridized carbons (Fsp3) is 0.667. The van der Waals surface area contributed by atoms with E-state index in [1.165, 1.54) is 6.08 Å². The zero-order chi connectivity index (χ0) is 8.55. The van der Waals surface area contributed by atoms with Gasteiger partial charge in [0.05, 0.1) is 0 Å². The molecule has 2 rings (SSSR count). The lowest BCUT2D eigenvalue weighted by atomic mass is 10.1. The number of carbonyl (C=O) groups excluding carboxylic acids is 1. The predicted octanol–water partition coefficient (Wildman–Crippen LogP) is -0.00730. The number of fused-ring (bicyclic) bond motifs is 1. The first-order valence-corrected chi connectivity index (χ1v) is 4.46. The number of amides is 1. The first-order chi connectivity index (χ1) is 5.83. The molecule has 0 aliphatic carbocycles. The minimum Gasteiger partial charge on any atom is -0.335 e. The zero-order valence-electron chi connectivity index (χ0n) is 7.12. The molecule has 2 saturated heterocycles. The molecule has 0 saturated carbocycles. The summed E-state index contributed by atoms with van der Waals surface area (Å²) in [7, 11) is 0. The number of carbonyl (C=O) groups is 1. The maximum absolute atomic E-state index is 11.3. The highest BCUT2D eigenvalue weighted by Gasteiger charge is 2.38. The van der Waals surface area contributed by atoms with E-state index in [1.807, 2.05) is 4.90 Å². The summed E-state index contributed by atoms with van der Waals surface area (Å²) in [5.74, 6) is 0.778. The van der Waals surface area contributed by atoms with E-state index in [0.717, 1.165) is 26.1 Å². The van der Waals surface area contributed by atoms with Gasteiger partial charge in [-0.2, -0.15) is 0 Å². The van der Waals surface area contributed by atoms with Crippen LogP contribution in [0.25, 0.3) is 0 Å². The lowest BCUT2D eigenvalue weighted by Crippen LogP contribution is -2.37. The molecule has 12 heavy (non-hydrogen) atoms. The summed E-state index contributed by atoms with van der Waals surface area (Å²) in [4.78, 5) is 13.3. The third-order valence-electron chi connectivity index (χ3n) is 2.90. The molecule has 2 heterocycles. The van der Waals surface area contributed by atoms with Crippen molar-refractivity contribution in [1.82, 2.24) is 10.2 Å². The first kappa shape index (κ1) is 7.80. The van der Waals surface area contributed by atoms with E-state index < -0.39 is 0 Å². The van der Waals surface area contributed by atoms with Crippen LogP contribution in [-0.4, -0.2) is 36.5 Å². The molecule has 0 spiro atoms. The van der Waals surface area contributed by atoms with Crippen molar-refractivity contribution in [2.24, 2.45) is 5.92 Å². The molecular formula is C9H14N2O. The van der Waals surface area contributed by atoms with Crippen molar-refractivity contribution >= 4 is 5.91 Å². The van der Waals surface area contributed by atoms with Crippen molar-refractivity contribution in [2.75, 3.05) is 19.6 Å². The van der Waals surface area contributed by atoms with Gasteiger partial charge in [0.1, 0.15) is 0 Å². The molecule has 0 unspecified atom stereocenters. The zero-order valence-corrected chi connectivity index (χ0v) is 7.12. The lowest BCUT2D eigenvalue weighted by molar-refractivity contribution is -0.126. The van der Waals surface area contributed by atoms with E-state index in [0.29, 0.717) is 12.0 Å². The average molecular weight is 166 g/mol. The quantitative estimate of drug-likeness (QED) is 0.556. The van der Waals surface area contributed by atoms with E-state index in [9.17, 15) is 4.79 Å². The second-order valence-electron chi connectivity index (χ2n) is 3.51. The maximum Gasteiger partial charge on any atom is 0.246 e. The number of rotatable bonds is 1. The molecule has 0 bridgehead atoms. The predicted molar refractivity (Wildman–Crippen MR) is 46.7 cm³/mol. The number of nitrogens with zero attached hydrogens (tertiary/aromatic N) is 1. The second kappa shape index (κ2) is 2.90. The van der Waals surface area contributed by atoms with Crippen LogP contribution in [0, 0.1) is 5.92 Å². The molecule has 1 N–H and O–H groups in total. The highest BCUT2D eigenvalue weighted by molar-refractivity contribution is 5.87. The molecule has 2 aliphatic heterocycles. The maximum atomic E-state index is 11.3. The standard InChI is InChI=1S/C9H14N2O/c1-2-9(12)11-4-3-7-5-10-6-8(7)11/h2,7-8,10H,1,3-6H2/t7-,8+/m0/s1. The number of hydrogen-bond donors (Lipinski definition) is 1. The van der Waals surface area contributed by atoms with Crippen molar-refractivity contribution < 1.29 is 4.79 Å². The molecule has 2 aliphatic rings. The summed E-state index contributed by atoms with van der Waals surface area (Å²) in [5, 5.41) is 3.31.